The standard InChI is InChI=1S/C11H10ClFN2O/c12-11-9(4-5-16-11)10(15-14)7-2-1-3-8(13)6-7/h1-6,10,15H,14H2. The van der Waals surface area contributed by atoms with E-state index in [4.69, 9.17) is 21.9 Å². The van der Waals surface area contributed by atoms with E-state index in [0.29, 0.717) is 11.1 Å². The first-order valence-electron chi connectivity index (χ1n) is 4.67. The highest BCUT2D eigenvalue weighted by Gasteiger charge is 2.17. The van der Waals surface area contributed by atoms with E-state index < -0.39 is 0 Å². The summed E-state index contributed by atoms with van der Waals surface area (Å²) in [7, 11) is 0. The molecule has 1 atom stereocenters. The van der Waals surface area contributed by atoms with Crippen LogP contribution < -0.4 is 11.3 Å². The number of furan rings is 1. The first-order chi connectivity index (χ1) is 7.72. The second kappa shape index (κ2) is 4.65. The first kappa shape index (κ1) is 11.1. The van der Waals surface area contributed by atoms with Crippen LogP contribution in [0, 0.1) is 5.82 Å². The topological polar surface area (TPSA) is 51.2 Å². The summed E-state index contributed by atoms with van der Waals surface area (Å²) in [6.45, 7) is 0. The van der Waals surface area contributed by atoms with Crippen LogP contribution in [0.3, 0.4) is 0 Å². The molecule has 2 rings (SSSR count). The van der Waals surface area contributed by atoms with Crippen LogP contribution in [0.4, 0.5) is 4.39 Å². The molecule has 3 nitrogen and oxygen atoms in total. The molecule has 0 saturated carbocycles. The Bertz CT molecular complexity index is 486. The van der Waals surface area contributed by atoms with Gasteiger partial charge in [-0.3, -0.25) is 5.84 Å². The average Bonchev–Trinajstić information content (AvgIpc) is 2.67. The molecule has 0 bridgehead atoms. The van der Waals surface area contributed by atoms with Gasteiger partial charge in [-0.1, -0.05) is 12.1 Å². The highest BCUT2D eigenvalue weighted by atomic mass is 35.5. The molecule has 0 amide bonds. The first-order valence-corrected chi connectivity index (χ1v) is 5.04. The van der Waals surface area contributed by atoms with Crippen LogP contribution in [0.2, 0.25) is 5.22 Å². The number of nitrogens with one attached hydrogen (secondary N) is 1. The maximum atomic E-state index is 13.1. The van der Waals surface area contributed by atoms with Gasteiger partial charge in [-0.15, -0.1) is 0 Å². The fourth-order valence-corrected chi connectivity index (χ4v) is 1.79. The van der Waals surface area contributed by atoms with E-state index in [1.165, 1.54) is 18.4 Å². The van der Waals surface area contributed by atoms with Gasteiger partial charge in [0.15, 0.2) is 5.22 Å². The minimum Gasteiger partial charge on any atom is -0.453 e. The zero-order chi connectivity index (χ0) is 11.5. The molecule has 84 valence electrons. The van der Waals surface area contributed by atoms with E-state index in [-0.39, 0.29) is 17.1 Å². The molecule has 1 aromatic heterocycles. The largest absolute Gasteiger partial charge is 0.453 e. The van der Waals surface area contributed by atoms with Crippen molar-refractivity contribution >= 4 is 11.6 Å². The summed E-state index contributed by atoms with van der Waals surface area (Å²) in [5.41, 5.74) is 3.94. The molecule has 0 aliphatic rings. The normalized spacial score (nSPS) is 12.7. The van der Waals surface area contributed by atoms with Gasteiger partial charge in [0, 0.05) is 5.56 Å². The summed E-state index contributed by atoms with van der Waals surface area (Å²) in [6, 6.07) is 7.45. The third-order valence-electron chi connectivity index (χ3n) is 2.31. The van der Waals surface area contributed by atoms with Crippen molar-refractivity contribution in [3.05, 3.63) is 58.8 Å². The van der Waals surface area contributed by atoms with Gasteiger partial charge in [-0.25, -0.2) is 9.82 Å². The molecule has 1 unspecified atom stereocenters. The van der Waals surface area contributed by atoms with Crippen LogP contribution >= 0.6 is 11.6 Å². The van der Waals surface area contributed by atoms with Crippen molar-refractivity contribution in [2.45, 2.75) is 6.04 Å². The van der Waals surface area contributed by atoms with E-state index in [9.17, 15) is 4.39 Å². The van der Waals surface area contributed by atoms with Crippen molar-refractivity contribution in [1.82, 2.24) is 5.43 Å². The van der Waals surface area contributed by atoms with Crippen LogP contribution in [-0.2, 0) is 0 Å². The Hall–Kier alpha value is -1.36. The maximum Gasteiger partial charge on any atom is 0.198 e. The molecule has 0 radical (unpaired) electrons. The summed E-state index contributed by atoms with van der Waals surface area (Å²) < 4.78 is 18.1. The molecular formula is C11H10ClFN2O. The Balaban J connectivity index is 2.40. The number of rotatable bonds is 3. The molecule has 0 aliphatic heterocycles. The van der Waals surface area contributed by atoms with E-state index >= 15 is 0 Å². The lowest BCUT2D eigenvalue weighted by Crippen LogP contribution is -2.28. The van der Waals surface area contributed by atoms with Crippen LogP contribution in [0.5, 0.6) is 0 Å². The predicted molar refractivity (Wildman–Crippen MR) is 59.3 cm³/mol. The number of hydrogen-bond donors (Lipinski definition) is 2. The molecule has 1 aromatic carbocycles. The van der Waals surface area contributed by atoms with Crippen LogP contribution in [0.15, 0.2) is 41.0 Å². The van der Waals surface area contributed by atoms with Gasteiger partial charge in [0.2, 0.25) is 0 Å². The Labute approximate surface area is 97.0 Å². The monoisotopic (exact) mass is 240 g/mol. The third kappa shape index (κ3) is 2.09. The third-order valence-corrected chi connectivity index (χ3v) is 2.61. The Morgan fingerprint density at radius 3 is 2.75 bits per heavy atom. The zero-order valence-corrected chi connectivity index (χ0v) is 9.04. The Morgan fingerprint density at radius 1 is 1.38 bits per heavy atom. The van der Waals surface area contributed by atoms with Crippen molar-refractivity contribution in [3.8, 4) is 0 Å². The maximum absolute atomic E-state index is 13.1. The number of hydrogen-bond acceptors (Lipinski definition) is 3. The fraction of sp³-hybridized carbons (Fsp3) is 0.0909. The quantitative estimate of drug-likeness (QED) is 0.641. The lowest BCUT2D eigenvalue weighted by atomic mass is 10.0. The average molecular weight is 241 g/mol. The summed E-state index contributed by atoms with van der Waals surface area (Å²) in [5, 5.41) is 0.243. The van der Waals surface area contributed by atoms with E-state index in [1.807, 2.05) is 0 Å². The van der Waals surface area contributed by atoms with Crippen LogP contribution in [-0.4, -0.2) is 0 Å². The molecular weight excluding hydrogens is 231 g/mol. The molecule has 5 heteroatoms. The predicted octanol–water partition coefficient (Wildman–Crippen LogP) is 2.62. The molecule has 0 spiro atoms. The molecule has 0 fully saturated rings. The van der Waals surface area contributed by atoms with E-state index in [1.54, 1.807) is 18.2 Å². The number of benzene rings is 1. The van der Waals surface area contributed by atoms with Crippen molar-refractivity contribution in [3.63, 3.8) is 0 Å². The lowest BCUT2D eigenvalue weighted by Gasteiger charge is -2.15. The zero-order valence-electron chi connectivity index (χ0n) is 8.28. The SMILES string of the molecule is NNC(c1cccc(F)c1)c1ccoc1Cl. The Kier molecular flexibility index (Phi) is 3.24. The van der Waals surface area contributed by atoms with Gasteiger partial charge in [0.1, 0.15) is 5.82 Å². The highest BCUT2D eigenvalue weighted by Crippen LogP contribution is 2.28. The second-order valence-electron chi connectivity index (χ2n) is 3.30. The Morgan fingerprint density at radius 2 is 2.19 bits per heavy atom. The van der Waals surface area contributed by atoms with Crippen molar-refractivity contribution in [2.24, 2.45) is 5.84 Å². The summed E-state index contributed by atoms with van der Waals surface area (Å²) in [4.78, 5) is 0. The van der Waals surface area contributed by atoms with Crippen molar-refractivity contribution in [1.29, 1.82) is 0 Å². The molecule has 2 aromatic rings. The fourth-order valence-electron chi connectivity index (χ4n) is 1.56. The van der Waals surface area contributed by atoms with Gasteiger partial charge in [0.25, 0.3) is 0 Å². The van der Waals surface area contributed by atoms with Crippen molar-refractivity contribution < 1.29 is 8.81 Å². The minimum absolute atomic E-state index is 0.243. The van der Waals surface area contributed by atoms with E-state index in [0.717, 1.165) is 0 Å². The molecule has 16 heavy (non-hydrogen) atoms. The highest BCUT2D eigenvalue weighted by molar-refractivity contribution is 6.29. The number of halogens is 2. The van der Waals surface area contributed by atoms with Crippen molar-refractivity contribution in [2.75, 3.05) is 0 Å². The van der Waals surface area contributed by atoms with E-state index in [2.05, 4.69) is 5.43 Å². The summed E-state index contributed by atoms with van der Waals surface area (Å²) >= 11 is 5.85. The molecule has 0 aliphatic carbocycles. The van der Waals surface area contributed by atoms with Gasteiger partial charge in [-0.2, -0.15) is 0 Å². The molecule has 1 heterocycles. The number of nitrogens with two attached hydrogens (primary N) is 1. The number of hydrazine groups is 1. The summed E-state index contributed by atoms with van der Waals surface area (Å²) in [6.07, 6.45) is 1.46. The van der Waals surface area contributed by atoms with Gasteiger partial charge in [-0.05, 0) is 35.4 Å². The van der Waals surface area contributed by atoms with Crippen LogP contribution in [0.1, 0.15) is 17.2 Å². The lowest BCUT2D eigenvalue weighted by molar-refractivity contribution is 0.554. The van der Waals surface area contributed by atoms with Gasteiger partial charge >= 0.3 is 0 Å². The van der Waals surface area contributed by atoms with Gasteiger partial charge < -0.3 is 4.42 Å². The second-order valence-corrected chi connectivity index (χ2v) is 3.65. The smallest absolute Gasteiger partial charge is 0.198 e. The van der Waals surface area contributed by atoms with Crippen LogP contribution in [0.25, 0.3) is 0 Å². The van der Waals surface area contributed by atoms with Gasteiger partial charge in [0.05, 0.1) is 12.3 Å². The summed E-state index contributed by atoms with van der Waals surface area (Å²) in [5.74, 6) is 5.12. The minimum atomic E-state index is -0.387. The molecule has 3 N–H and O–H groups in total. The molecule has 0 saturated heterocycles.